The molecule has 1 atom stereocenters. The number of hydrogen-bond acceptors (Lipinski definition) is 0. The Labute approximate surface area is 168 Å². The second-order valence-corrected chi connectivity index (χ2v) is 21.4. The molecular formula is C21H25Cl2HfSi. The van der Waals surface area contributed by atoms with Gasteiger partial charge in [0, 0.05) is 0 Å². The fraction of sp³-hybridized carbons (Fsp3) is 0.381. The van der Waals surface area contributed by atoms with Crippen LogP contribution in [0, 0.1) is 11.8 Å². The molecule has 0 aromatic heterocycles. The maximum absolute atomic E-state index is 6.71. The van der Waals surface area contributed by atoms with E-state index in [1.54, 1.807) is 5.17 Å². The molecule has 3 aliphatic carbocycles. The number of fused-ring (bicyclic) bond motifs is 1. The molecular weight excluding hydrogens is 530 g/mol. The van der Waals surface area contributed by atoms with Crippen LogP contribution in [0.4, 0.5) is 0 Å². The molecule has 0 saturated heterocycles. The van der Waals surface area contributed by atoms with Crippen molar-refractivity contribution in [1.29, 1.82) is 0 Å². The van der Waals surface area contributed by atoms with Crippen molar-refractivity contribution in [1.82, 2.24) is 0 Å². The summed E-state index contributed by atoms with van der Waals surface area (Å²) in [5, 5.41) is 1.59. The van der Waals surface area contributed by atoms with E-state index >= 15 is 0 Å². The van der Waals surface area contributed by atoms with Gasteiger partial charge in [0.25, 0.3) is 0 Å². The van der Waals surface area contributed by atoms with Crippen LogP contribution in [-0.4, -0.2) is 13.6 Å². The molecule has 3 aliphatic rings. The second kappa shape index (κ2) is 7.92. The molecule has 1 unspecified atom stereocenters. The van der Waals surface area contributed by atoms with Crippen LogP contribution in [0.3, 0.4) is 0 Å². The third kappa shape index (κ3) is 3.57. The van der Waals surface area contributed by atoms with Crippen LogP contribution in [0.15, 0.2) is 67.7 Å². The first kappa shape index (κ1) is 19.7. The zero-order chi connectivity index (χ0) is 18.3. The zero-order valence-electron chi connectivity index (χ0n) is 15.6. The van der Waals surface area contributed by atoms with Crippen molar-refractivity contribution >= 4 is 30.7 Å². The molecule has 0 nitrogen and oxygen atoms in total. The Morgan fingerprint density at radius 2 is 1.88 bits per heavy atom. The average Bonchev–Trinajstić information content (AvgIpc) is 3.12. The number of allylic oxidation sites excluding steroid dienone is 12. The van der Waals surface area contributed by atoms with Crippen LogP contribution >= 0.6 is 17.2 Å². The molecule has 131 valence electrons. The van der Waals surface area contributed by atoms with Crippen molar-refractivity contribution in [3.8, 4) is 0 Å². The van der Waals surface area contributed by atoms with E-state index in [0.29, 0.717) is 11.8 Å². The Morgan fingerprint density at radius 3 is 2.40 bits per heavy atom. The SMILES string of the molecule is CC(C)C1=[C]([Hf]([Cl])[Cl])C2=CC=CC(=[Si](C)C)C(C)C2=C1C1=CC=CC1. The predicted molar refractivity (Wildman–Crippen MR) is 111 cm³/mol. The van der Waals surface area contributed by atoms with Crippen LogP contribution < -0.4 is 0 Å². The summed E-state index contributed by atoms with van der Waals surface area (Å²) in [5.74, 6) is 0.882. The van der Waals surface area contributed by atoms with Gasteiger partial charge < -0.3 is 0 Å². The summed E-state index contributed by atoms with van der Waals surface area (Å²) in [7, 11) is 12.9. The molecule has 0 amide bonds. The Hall–Kier alpha value is -0.0230. The molecule has 0 radical (unpaired) electrons. The molecule has 0 spiro atoms. The summed E-state index contributed by atoms with van der Waals surface area (Å²) in [5.41, 5.74) is 7.17. The van der Waals surface area contributed by atoms with E-state index in [1.165, 1.54) is 31.2 Å². The van der Waals surface area contributed by atoms with Crippen molar-refractivity contribution < 1.29 is 19.1 Å². The summed E-state index contributed by atoms with van der Waals surface area (Å²) in [6, 6.07) is 0. The zero-order valence-corrected chi connectivity index (χ0v) is 21.7. The van der Waals surface area contributed by atoms with E-state index in [1.807, 2.05) is 0 Å². The monoisotopic (exact) mass is 555 g/mol. The van der Waals surface area contributed by atoms with E-state index in [-0.39, 0.29) is 0 Å². The second-order valence-electron chi connectivity index (χ2n) is 7.43. The fourth-order valence-electron chi connectivity index (χ4n) is 4.21. The normalized spacial score (nSPS) is 22.6. The molecule has 3 rings (SSSR count). The number of hydrogen-bond donors (Lipinski definition) is 0. The van der Waals surface area contributed by atoms with Crippen molar-refractivity contribution in [2.45, 2.75) is 40.3 Å². The first-order valence-corrected chi connectivity index (χ1v) is 22.1. The minimum absolute atomic E-state index is 0.440. The van der Waals surface area contributed by atoms with Crippen molar-refractivity contribution in [2.75, 3.05) is 0 Å². The summed E-state index contributed by atoms with van der Waals surface area (Å²) in [6.45, 7) is 11.7. The molecule has 0 bridgehead atoms. The fourth-order valence-corrected chi connectivity index (χ4v) is 12.7. The topological polar surface area (TPSA) is 0 Å². The van der Waals surface area contributed by atoms with Gasteiger partial charge in [-0.15, -0.1) is 0 Å². The summed E-state index contributed by atoms with van der Waals surface area (Å²) in [4.78, 5) is 0. The third-order valence-electron chi connectivity index (χ3n) is 5.24. The molecule has 0 N–H and O–H groups in total. The van der Waals surface area contributed by atoms with Crippen LogP contribution in [0.1, 0.15) is 27.2 Å². The van der Waals surface area contributed by atoms with Gasteiger partial charge in [0.15, 0.2) is 0 Å². The molecule has 0 heterocycles. The van der Waals surface area contributed by atoms with Gasteiger partial charge in [0.2, 0.25) is 0 Å². The minimum atomic E-state index is -2.76. The third-order valence-corrected chi connectivity index (χ3v) is 13.4. The number of rotatable bonds is 3. The van der Waals surface area contributed by atoms with E-state index in [9.17, 15) is 0 Å². The van der Waals surface area contributed by atoms with Crippen molar-refractivity contribution in [3.63, 3.8) is 0 Å². The van der Waals surface area contributed by atoms with Crippen LogP contribution in [-0.2, 0) is 19.1 Å². The van der Waals surface area contributed by atoms with E-state index in [4.69, 9.17) is 17.2 Å². The number of halogens is 2. The summed E-state index contributed by atoms with van der Waals surface area (Å²) in [6.07, 6.45) is 14.6. The van der Waals surface area contributed by atoms with Gasteiger partial charge in [-0.25, -0.2) is 0 Å². The molecule has 0 aromatic rings. The van der Waals surface area contributed by atoms with Gasteiger partial charge in [-0.2, -0.15) is 0 Å². The molecule has 4 heteroatoms. The van der Waals surface area contributed by atoms with E-state index < -0.39 is 27.5 Å². The average molecular weight is 555 g/mol. The van der Waals surface area contributed by atoms with Crippen molar-refractivity contribution in [2.24, 2.45) is 11.8 Å². The van der Waals surface area contributed by atoms with Crippen LogP contribution in [0.5, 0.6) is 0 Å². The van der Waals surface area contributed by atoms with Crippen molar-refractivity contribution in [3.05, 3.63) is 67.7 Å². The first-order valence-electron chi connectivity index (χ1n) is 8.94. The maximum atomic E-state index is 6.71. The summed E-state index contributed by atoms with van der Waals surface area (Å²) >= 11 is -2.76. The van der Waals surface area contributed by atoms with Crippen LogP contribution in [0.25, 0.3) is 0 Å². The molecule has 0 saturated carbocycles. The molecule has 25 heavy (non-hydrogen) atoms. The molecule has 0 aliphatic heterocycles. The predicted octanol–water partition coefficient (Wildman–Crippen LogP) is 6.66. The van der Waals surface area contributed by atoms with E-state index in [0.717, 1.165) is 6.42 Å². The molecule has 0 fully saturated rings. The van der Waals surface area contributed by atoms with Gasteiger partial charge in [-0.1, -0.05) is 0 Å². The summed E-state index contributed by atoms with van der Waals surface area (Å²) < 4.78 is 1.33. The first-order chi connectivity index (χ1) is 11.8. The standard InChI is InChI=1S/C21H25Si.2ClH.Hf/c1-14(2)18-13-17-11-8-12-19(22(4)5)15(3)20(17)21(18)16-9-6-7-10-16;;;/h6-9,11-12,14-15H,10H2,1-5H3;2*1H;/q;;;+2/p-2. The quantitative estimate of drug-likeness (QED) is 0.342. The molecule has 0 aromatic carbocycles. The Kier molecular flexibility index (Phi) is 6.25. The van der Waals surface area contributed by atoms with Gasteiger partial charge in [0.05, 0.1) is 0 Å². The van der Waals surface area contributed by atoms with Gasteiger partial charge in [-0.3, -0.25) is 0 Å². The van der Waals surface area contributed by atoms with Crippen LogP contribution in [0.2, 0.25) is 13.1 Å². The van der Waals surface area contributed by atoms with Gasteiger partial charge in [-0.05, 0) is 0 Å². The Balaban J connectivity index is 2.32. The van der Waals surface area contributed by atoms with E-state index in [2.05, 4.69) is 70.3 Å². The Bertz CT molecular complexity index is 813. The van der Waals surface area contributed by atoms with Gasteiger partial charge >= 0.3 is 170 Å². The van der Waals surface area contributed by atoms with Gasteiger partial charge in [0.1, 0.15) is 0 Å². The Morgan fingerprint density at radius 1 is 1.16 bits per heavy atom.